The first-order chi connectivity index (χ1) is 26.7. The second-order valence-electron chi connectivity index (χ2n) is 14.5. The van der Waals surface area contributed by atoms with Gasteiger partial charge in [0.25, 0.3) is 0 Å². The van der Waals surface area contributed by atoms with E-state index >= 15 is 0 Å². The van der Waals surface area contributed by atoms with Crippen molar-refractivity contribution in [1.82, 2.24) is 39.9 Å². The van der Waals surface area contributed by atoms with E-state index in [1.54, 1.807) is 13.1 Å². The molecule has 0 saturated heterocycles. The summed E-state index contributed by atoms with van der Waals surface area (Å²) >= 11 is 0. The molecule has 2 saturated carbocycles. The van der Waals surface area contributed by atoms with Gasteiger partial charge in [0.05, 0.1) is 42.7 Å². The number of hydrogen-bond acceptors (Lipinski definition) is 17. The fourth-order valence-electron chi connectivity index (χ4n) is 6.62. The fraction of sp³-hybridized carbons (Fsp3) is 0.528. The highest BCUT2D eigenvalue weighted by molar-refractivity contribution is 5.55. The Balaban J connectivity index is 1.05. The highest BCUT2D eigenvalue weighted by atomic mass is 19.4. The average molecular weight is 780 g/mol. The predicted octanol–water partition coefficient (Wildman–Crippen LogP) is 4.34. The summed E-state index contributed by atoms with van der Waals surface area (Å²) in [6, 6.07) is 1.49. The molecule has 56 heavy (non-hydrogen) atoms. The number of alkyl halides is 3. The van der Waals surface area contributed by atoms with E-state index in [2.05, 4.69) is 67.2 Å². The minimum Gasteiger partial charge on any atom is -0.478 e. The Hall–Kier alpha value is -5.68. The van der Waals surface area contributed by atoms with E-state index in [1.165, 1.54) is 25.0 Å². The average Bonchev–Trinajstić information content (AvgIpc) is 3.18. The lowest BCUT2D eigenvalue weighted by molar-refractivity contribution is -0.137. The van der Waals surface area contributed by atoms with Crippen LogP contribution in [-0.2, 0) is 19.3 Å². The van der Waals surface area contributed by atoms with E-state index in [9.17, 15) is 28.6 Å². The maximum absolute atomic E-state index is 14.1. The summed E-state index contributed by atoms with van der Waals surface area (Å²) in [4.78, 5) is 33.2. The van der Waals surface area contributed by atoms with Gasteiger partial charge < -0.3 is 41.0 Å². The third kappa shape index (κ3) is 8.73. The van der Waals surface area contributed by atoms with Crippen LogP contribution < -0.4 is 30.7 Å². The SMILES string of the molecule is CCOc1ncncc1CNc1ncc(C(F)(F)F)c(N[C@@H]2C[C@H](O)C2(C)CCCOc2ncncc2CNc2ncc(C#N)c(N[C@@H]3C[C@H](O)C3(C)C)n2)n1. The lowest BCUT2D eigenvalue weighted by Crippen LogP contribution is -2.59. The van der Waals surface area contributed by atoms with Crippen LogP contribution in [0.25, 0.3) is 0 Å². The summed E-state index contributed by atoms with van der Waals surface area (Å²) in [6.07, 6.45) is 3.62. The number of anilines is 4. The van der Waals surface area contributed by atoms with Gasteiger partial charge in [0, 0.05) is 54.6 Å². The Morgan fingerprint density at radius 3 is 1.98 bits per heavy atom. The Kier molecular flexibility index (Phi) is 11.8. The van der Waals surface area contributed by atoms with Gasteiger partial charge in [-0.05, 0) is 32.6 Å². The van der Waals surface area contributed by atoms with Crippen molar-refractivity contribution < 1.29 is 32.9 Å². The molecule has 2 aliphatic carbocycles. The number of nitrogens with zero attached hydrogens (tertiary/aromatic N) is 9. The number of aliphatic hydroxyl groups excluding tert-OH is 2. The highest BCUT2D eigenvalue weighted by Gasteiger charge is 2.51. The topological polar surface area (TPSA) is 234 Å². The van der Waals surface area contributed by atoms with Crippen LogP contribution in [0.1, 0.15) is 75.6 Å². The summed E-state index contributed by atoms with van der Waals surface area (Å²) in [6.45, 7) is 8.37. The van der Waals surface area contributed by atoms with Crippen LogP contribution in [0.15, 0.2) is 37.4 Å². The Morgan fingerprint density at radius 2 is 1.41 bits per heavy atom. The largest absolute Gasteiger partial charge is 0.478 e. The van der Waals surface area contributed by atoms with Gasteiger partial charge in [-0.15, -0.1) is 0 Å². The molecule has 1 unspecified atom stereocenters. The molecular weight excluding hydrogens is 735 g/mol. The molecule has 20 heteroatoms. The van der Waals surface area contributed by atoms with E-state index in [-0.39, 0.29) is 55.0 Å². The molecule has 0 aliphatic heterocycles. The first-order valence-corrected chi connectivity index (χ1v) is 18.1. The smallest absolute Gasteiger partial charge is 0.421 e. The minimum absolute atomic E-state index is 0.0433. The number of hydrogen-bond donors (Lipinski definition) is 6. The number of ether oxygens (including phenoxy) is 2. The molecular formula is C36H44F3N13O4. The van der Waals surface area contributed by atoms with Crippen LogP contribution in [0.4, 0.5) is 36.7 Å². The van der Waals surface area contributed by atoms with Crippen molar-refractivity contribution in [2.24, 2.45) is 10.8 Å². The van der Waals surface area contributed by atoms with Crippen molar-refractivity contribution in [2.75, 3.05) is 34.5 Å². The monoisotopic (exact) mass is 779 g/mol. The standard InChI is InChI=1S/C36H44F3N13O4/c1-5-55-30-21(12-41-18-47-30)15-45-33-46-17-23(36(37,38)39)29(52-33)50-25-10-27(54)35(25,4)7-6-8-56-31-22(13-42-19-48-31)16-44-32-43-14-20(11-40)28(51-32)49-24-9-26(53)34(24,2)3/h12-14,17-19,24-27,53-54H,5-10,15-16H2,1-4H3,(H2,43,44,49,51)(H2,45,46,50,52)/t24-,25-,26+,27+,35?/m1/s1. The van der Waals surface area contributed by atoms with E-state index in [1.807, 2.05) is 20.8 Å². The maximum Gasteiger partial charge on any atom is 0.421 e. The van der Waals surface area contributed by atoms with Crippen LogP contribution >= 0.6 is 0 Å². The van der Waals surface area contributed by atoms with E-state index in [0.29, 0.717) is 54.6 Å². The quantitative estimate of drug-likeness (QED) is 0.0818. The maximum atomic E-state index is 14.1. The minimum atomic E-state index is -4.73. The molecule has 0 bridgehead atoms. The number of nitrogens with one attached hydrogen (secondary N) is 4. The number of nitriles is 1. The summed E-state index contributed by atoms with van der Waals surface area (Å²) in [5.41, 5.74) is -0.746. The van der Waals surface area contributed by atoms with Gasteiger partial charge in [-0.3, -0.25) is 0 Å². The van der Waals surface area contributed by atoms with Crippen LogP contribution in [-0.4, -0.2) is 87.6 Å². The van der Waals surface area contributed by atoms with Crippen molar-refractivity contribution in [1.29, 1.82) is 5.26 Å². The van der Waals surface area contributed by atoms with Crippen molar-refractivity contribution >= 4 is 23.5 Å². The summed E-state index contributed by atoms with van der Waals surface area (Å²) in [5, 5.41) is 42.8. The Bertz CT molecular complexity index is 2030. The molecule has 4 aromatic rings. The molecule has 6 N–H and O–H groups in total. The predicted molar refractivity (Wildman–Crippen MR) is 196 cm³/mol. The Morgan fingerprint density at radius 1 is 0.821 bits per heavy atom. The van der Waals surface area contributed by atoms with Crippen LogP contribution in [0.2, 0.25) is 0 Å². The summed E-state index contributed by atoms with van der Waals surface area (Å²) < 4.78 is 53.7. The van der Waals surface area contributed by atoms with Crippen molar-refractivity contribution in [2.45, 2.75) is 96.9 Å². The van der Waals surface area contributed by atoms with Crippen molar-refractivity contribution in [3.8, 4) is 17.8 Å². The van der Waals surface area contributed by atoms with Gasteiger partial charge in [-0.2, -0.15) is 28.4 Å². The first kappa shape index (κ1) is 40.0. The third-order valence-corrected chi connectivity index (χ3v) is 10.6. The van der Waals surface area contributed by atoms with Crippen molar-refractivity contribution in [3.05, 3.63) is 59.7 Å². The molecule has 2 fully saturated rings. The normalized spacial score (nSPS) is 22.5. The molecule has 0 spiro atoms. The molecule has 0 amide bonds. The van der Waals surface area contributed by atoms with Crippen LogP contribution in [0, 0.1) is 22.2 Å². The first-order valence-electron chi connectivity index (χ1n) is 18.1. The third-order valence-electron chi connectivity index (χ3n) is 10.6. The number of rotatable bonds is 17. The summed E-state index contributed by atoms with van der Waals surface area (Å²) in [5.74, 6) is 0.819. The van der Waals surface area contributed by atoms with Gasteiger partial charge in [-0.25, -0.2) is 29.9 Å². The fourth-order valence-corrected chi connectivity index (χ4v) is 6.62. The molecule has 5 atom stereocenters. The second kappa shape index (κ2) is 16.6. The van der Waals surface area contributed by atoms with E-state index in [0.717, 1.165) is 6.20 Å². The van der Waals surface area contributed by atoms with Crippen molar-refractivity contribution in [3.63, 3.8) is 0 Å². The van der Waals surface area contributed by atoms with Gasteiger partial charge in [0.2, 0.25) is 23.7 Å². The zero-order valence-electron chi connectivity index (χ0n) is 31.3. The van der Waals surface area contributed by atoms with Crippen LogP contribution in [0.3, 0.4) is 0 Å². The molecule has 4 heterocycles. The number of aromatic nitrogens is 8. The zero-order valence-corrected chi connectivity index (χ0v) is 31.3. The molecule has 0 aromatic carbocycles. The number of aliphatic hydroxyl groups is 2. The van der Waals surface area contributed by atoms with Gasteiger partial charge in [0.1, 0.15) is 41.5 Å². The molecule has 298 valence electrons. The van der Waals surface area contributed by atoms with E-state index < -0.39 is 41.2 Å². The van der Waals surface area contributed by atoms with E-state index in [4.69, 9.17) is 9.47 Å². The van der Waals surface area contributed by atoms with Gasteiger partial charge >= 0.3 is 6.18 Å². The number of halogens is 3. The van der Waals surface area contributed by atoms with Crippen LogP contribution in [0.5, 0.6) is 11.8 Å². The lowest BCUT2D eigenvalue weighted by Gasteiger charge is -2.52. The van der Waals surface area contributed by atoms with Gasteiger partial charge in [0.15, 0.2) is 0 Å². The summed E-state index contributed by atoms with van der Waals surface area (Å²) in [7, 11) is 0. The molecule has 2 aliphatic rings. The molecule has 6 rings (SSSR count). The lowest BCUT2D eigenvalue weighted by atomic mass is 9.61. The molecule has 17 nitrogen and oxygen atoms in total. The molecule has 4 aromatic heterocycles. The Labute approximate surface area is 321 Å². The second-order valence-corrected chi connectivity index (χ2v) is 14.5. The molecule has 0 radical (unpaired) electrons. The zero-order chi connectivity index (χ0) is 40.1. The highest BCUT2D eigenvalue weighted by Crippen LogP contribution is 2.47. The van der Waals surface area contributed by atoms with Gasteiger partial charge in [-0.1, -0.05) is 20.8 Å².